The summed E-state index contributed by atoms with van der Waals surface area (Å²) < 4.78 is 11.2. The number of methoxy groups -OCH3 is 1. The minimum Gasteiger partial charge on any atom is -0.497 e. The van der Waals surface area contributed by atoms with Crippen LogP contribution in [0.5, 0.6) is 5.75 Å². The molecule has 5 rings (SSSR count). The molecule has 6 heteroatoms. The van der Waals surface area contributed by atoms with Gasteiger partial charge in [-0.3, -0.25) is 4.79 Å². The quantitative estimate of drug-likeness (QED) is 0.578. The molecule has 3 aromatic rings. The summed E-state index contributed by atoms with van der Waals surface area (Å²) in [6.45, 7) is 5.25. The Balaban J connectivity index is 1.26. The van der Waals surface area contributed by atoms with Gasteiger partial charge in [0.05, 0.1) is 7.11 Å². The van der Waals surface area contributed by atoms with Gasteiger partial charge in [0.1, 0.15) is 11.3 Å². The number of amides is 1. The van der Waals surface area contributed by atoms with Gasteiger partial charge in [0.15, 0.2) is 11.5 Å². The molecule has 0 spiro atoms. The van der Waals surface area contributed by atoms with Crippen LogP contribution >= 0.6 is 0 Å². The van der Waals surface area contributed by atoms with E-state index in [0.717, 1.165) is 42.9 Å². The zero-order valence-corrected chi connectivity index (χ0v) is 18.8. The lowest BCUT2D eigenvalue weighted by Crippen LogP contribution is -2.43. The summed E-state index contributed by atoms with van der Waals surface area (Å²) in [6, 6.07) is 13.5. The Morgan fingerprint density at radius 2 is 1.91 bits per heavy atom. The molecule has 2 fully saturated rings. The molecule has 168 valence electrons. The molecule has 32 heavy (non-hydrogen) atoms. The van der Waals surface area contributed by atoms with Crippen LogP contribution in [0.4, 0.5) is 0 Å². The Morgan fingerprint density at radius 3 is 2.69 bits per heavy atom. The number of carbonyl (C=O) groups excluding carboxylic acids is 1. The van der Waals surface area contributed by atoms with E-state index >= 15 is 0 Å². The molecule has 2 aliphatic heterocycles. The maximum atomic E-state index is 13.2. The summed E-state index contributed by atoms with van der Waals surface area (Å²) >= 11 is 0. The van der Waals surface area contributed by atoms with E-state index in [1.165, 1.54) is 32.4 Å². The summed E-state index contributed by atoms with van der Waals surface area (Å²) in [5.74, 6) is 2.16. The number of aromatic nitrogens is 1. The lowest BCUT2D eigenvalue weighted by Gasteiger charge is -2.34. The number of nitrogens with zero attached hydrogens (tertiary/aromatic N) is 3. The van der Waals surface area contributed by atoms with Crippen LogP contribution in [-0.4, -0.2) is 60.5 Å². The molecule has 0 saturated carbocycles. The van der Waals surface area contributed by atoms with Gasteiger partial charge < -0.3 is 19.0 Å². The third-order valence-electron chi connectivity index (χ3n) is 6.72. The molecule has 0 radical (unpaired) electrons. The molecule has 2 aromatic carbocycles. The van der Waals surface area contributed by atoms with Crippen LogP contribution in [0.2, 0.25) is 0 Å². The minimum atomic E-state index is 0.103. The summed E-state index contributed by atoms with van der Waals surface area (Å²) in [5.41, 5.74) is 3.25. The Labute approximate surface area is 189 Å². The fourth-order valence-corrected chi connectivity index (χ4v) is 5.01. The monoisotopic (exact) mass is 433 g/mol. The first kappa shape index (κ1) is 21.0. The van der Waals surface area contributed by atoms with Crippen molar-refractivity contribution < 1.29 is 13.9 Å². The van der Waals surface area contributed by atoms with Crippen molar-refractivity contribution in [3.8, 4) is 5.75 Å². The third kappa shape index (κ3) is 4.65. The van der Waals surface area contributed by atoms with Crippen LogP contribution in [-0.2, 0) is 6.42 Å². The van der Waals surface area contributed by atoms with Crippen LogP contribution < -0.4 is 4.74 Å². The number of hydrogen-bond donors (Lipinski definition) is 0. The number of piperidine rings is 1. The molecule has 0 bridgehead atoms. The number of benzene rings is 2. The van der Waals surface area contributed by atoms with Crippen molar-refractivity contribution in [2.24, 2.45) is 5.92 Å². The number of oxazole rings is 1. The number of carbonyl (C=O) groups is 1. The number of rotatable bonds is 6. The first-order chi connectivity index (χ1) is 15.7. The average Bonchev–Trinajstić information content (AvgIpc) is 3.48. The smallest absolute Gasteiger partial charge is 0.254 e. The molecule has 1 aromatic heterocycles. The maximum Gasteiger partial charge on any atom is 0.254 e. The van der Waals surface area contributed by atoms with E-state index in [1.54, 1.807) is 7.11 Å². The van der Waals surface area contributed by atoms with Crippen molar-refractivity contribution in [1.29, 1.82) is 0 Å². The highest BCUT2D eigenvalue weighted by atomic mass is 16.5. The molecule has 2 saturated heterocycles. The van der Waals surface area contributed by atoms with E-state index in [0.29, 0.717) is 29.4 Å². The van der Waals surface area contributed by atoms with Gasteiger partial charge in [0.25, 0.3) is 5.91 Å². The number of ether oxygens (including phenoxy) is 1. The van der Waals surface area contributed by atoms with Gasteiger partial charge in [0, 0.05) is 31.6 Å². The highest BCUT2D eigenvalue weighted by molar-refractivity contribution is 5.97. The molecule has 1 atom stereocenters. The fraction of sp³-hybridized carbons (Fsp3) is 0.462. The topological polar surface area (TPSA) is 58.8 Å². The molecule has 2 aliphatic rings. The second kappa shape index (κ2) is 9.33. The van der Waals surface area contributed by atoms with E-state index in [-0.39, 0.29) is 5.91 Å². The normalized spacial score (nSPS) is 19.5. The Morgan fingerprint density at radius 1 is 1.09 bits per heavy atom. The van der Waals surface area contributed by atoms with Crippen LogP contribution in [0.15, 0.2) is 46.9 Å². The molecule has 0 N–H and O–H groups in total. The largest absolute Gasteiger partial charge is 0.497 e. The van der Waals surface area contributed by atoms with Crippen LogP contribution in [0.1, 0.15) is 47.5 Å². The number of hydrogen-bond acceptors (Lipinski definition) is 5. The Bertz CT molecular complexity index is 1070. The SMILES string of the molecule is COc1ccc(Cc2nc3ccc(C(=O)N4CCC[C@@H](CN5CCCC5)C4)cc3o2)cc1. The molecule has 0 unspecified atom stereocenters. The van der Waals surface area contributed by atoms with Gasteiger partial charge in [-0.15, -0.1) is 0 Å². The Hall–Kier alpha value is -2.86. The van der Waals surface area contributed by atoms with Gasteiger partial charge in [0.2, 0.25) is 0 Å². The minimum absolute atomic E-state index is 0.103. The lowest BCUT2D eigenvalue weighted by atomic mass is 9.96. The van der Waals surface area contributed by atoms with E-state index in [1.807, 2.05) is 47.4 Å². The van der Waals surface area contributed by atoms with Gasteiger partial charge >= 0.3 is 0 Å². The second-order valence-corrected chi connectivity index (χ2v) is 9.08. The van der Waals surface area contributed by atoms with Crippen molar-refractivity contribution >= 4 is 17.0 Å². The molecule has 0 aliphatic carbocycles. The van der Waals surface area contributed by atoms with Gasteiger partial charge in [-0.05, 0) is 80.6 Å². The summed E-state index contributed by atoms with van der Waals surface area (Å²) in [5, 5.41) is 0. The Kier molecular flexibility index (Phi) is 6.12. The first-order valence-electron chi connectivity index (χ1n) is 11.7. The third-order valence-corrected chi connectivity index (χ3v) is 6.72. The van der Waals surface area contributed by atoms with Crippen molar-refractivity contribution in [3.05, 3.63) is 59.5 Å². The molecule has 3 heterocycles. The maximum absolute atomic E-state index is 13.2. The highest BCUT2D eigenvalue weighted by Gasteiger charge is 2.27. The van der Waals surface area contributed by atoms with Crippen molar-refractivity contribution in [1.82, 2.24) is 14.8 Å². The molecule has 6 nitrogen and oxygen atoms in total. The average molecular weight is 434 g/mol. The van der Waals surface area contributed by atoms with Crippen LogP contribution in [0.25, 0.3) is 11.1 Å². The first-order valence-corrected chi connectivity index (χ1v) is 11.7. The lowest BCUT2D eigenvalue weighted by molar-refractivity contribution is 0.0648. The molecular formula is C26H31N3O3. The zero-order chi connectivity index (χ0) is 21.9. The van der Waals surface area contributed by atoms with Gasteiger partial charge in [-0.1, -0.05) is 12.1 Å². The van der Waals surface area contributed by atoms with Crippen LogP contribution in [0.3, 0.4) is 0 Å². The standard InChI is InChI=1S/C26H31N3O3/c1-31-22-9-6-19(7-10-22)15-25-27-23-11-8-21(16-24(23)32-25)26(30)29-14-4-5-20(18-29)17-28-12-2-3-13-28/h6-11,16,20H,2-5,12-15,17-18H2,1H3/t20-/m0/s1. The zero-order valence-electron chi connectivity index (χ0n) is 18.8. The van der Waals surface area contributed by atoms with Gasteiger partial charge in [-0.2, -0.15) is 0 Å². The van der Waals surface area contributed by atoms with Crippen molar-refractivity contribution in [2.45, 2.75) is 32.1 Å². The predicted molar refractivity (Wildman–Crippen MR) is 124 cm³/mol. The number of fused-ring (bicyclic) bond motifs is 1. The van der Waals surface area contributed by atoms with E-state index in [2.05, 4.69) is 9.88 Å². The van der Waals surface area contributed by atoms with Crippen molar-refractivity contribution in [3.63, 3.8) is 0 Å². The number of likely N-dealkylation sites (tertiary alicyclic amines) is 2. The summed E-state index contributed by atoms with van der Waals surface area (Å²) in [4.78, 5) is 22.4. The summed E-state index contributed by atoms with van der Waals surface area (Å²) in [7, 11) is 1.66. The van der Waals surface area contributed by atoms with Crippen LogP contribution in [0, 0.1) is 5.92 Å². The van der Waals surface area contributed by atoms with E-state index in [4.69, 9.17) is 9.15 Å². The van der Waals surface area contributed by atoms with E-state index < -0.39 is 0 Å². The predicted octanol–water partition coefficient (Wildman–Crippen LogP) is 4.38. The van der Waals surface area contributed by atoms with E-state index in [9.17, 15) is 4.79 Å². The summed E-state index contributed by atoms with van der Waals surface area (Å²) in [6.07, 6.45) is 5.53. The fourth-order valence-electron chi connectivity index (χ4n) is 5.01. The second-order valence-electron chi connectivity index (χ2n) is 9.08. The highest BCUT2D eigenvalue weighted by Crippen LogP contribution is 2.24. The molecular weight excluding hydrogens is 402 g/mol. The molecule has 1 amide bonds. The van der Waals surface area contributed by atoms with Crippen molar-refractivity contribution in [2.75, 3.05) is 39.8 Å². The van der Waals surface area contributed by atoms with Gasteiger partial charge in [-0.25, -0.2) is 4.98 Å².